The largest absolute Gasteiger partial charge is 0.496 e. The van der Waals surface area contributed by atoms with E-state index < -0.39 is 0 Å². The first-order chi connectivity index (χ1) is 12.8. The van der Waals surface area contributed by atoms with Gasteiger partial charge < -0.3 is 15.4 Å². The molecule has 0 radical (unpaired) electrons. The van der Waals surface area contributed by atoms with Gasteiger partial charge in [0.05, 0.1) is 7.11 Å². The lowest BCUT2D eigenvalue weighted by atomic mass is 10.2. The minimum atomic E-state index is -0.288. The van der Waals surface area contributed by atoms with Crippen LogP contribution in [0.3, 0.4) is 0 Å². The van der Waals surface area contributed by atoms with Crippen LogP contribution in [0.2, 0.25) is 0 Å². The third kappa shape index (κ3) is 4.54. The van der Waals surface area contributed by atoms with Gasteiger partial charge in [0.1, 0.15) is 11.6 Å². The summed E-state index contributed by atoms with van der Waals surface area (Å²) in [7, 11) is 1.60. The van der Waals surface area contributed by atoms with E-state index in [0.29, 0.717) is 18.9 Å². The summed E-state index contributed by atoms with van der Waals surface area (Å²) in [6.07, 6.45) is 3.47. The van der Waals surface area contributed by atoms with Crippen molar-refractivity contribution in [1.82, 2.24) is 20.5 Å². The standard InChI is InChI=1S/C19H19N5O2/c1-26-17-5-3-2-4-15(17)13-22-19(25)16-6-7-18(24-23-16)21-12-14-8-10-20-11-9-14/h2-11H,12-13H2,1H3,(H,21,24)(H,22,25). The van der Waals surface area contributed by atoms with Crippen LogP contribution >= 0.6 is 0 Å². The molecule has 7 heteroatoms. The summed E-state index contributed by atoms with van der Waals surface area (Å²) in [5, 5.41) is 14.0. The molecule has 0 saturated carbocycles. The van der Waals surface area contributed by atoms with Crippen molar-refractivity contribution in [3.63, 3.8) is 0 Å². The lowest BCUT2D eigenvalue weighted by Crippen LogP contribution is -2.24. The zero-order valence-corrected chi connectivity index (χ0v) is 14.3. The van der Waals surface area contributed by atoms with Crippen LogP contribution in [0.15, 0.2) is 60.9 Å². The van der Waals surface area contributed by atoms with Crippen molar-refractivity contribution in [1.29, 1.82) is 0 Å². The van der Waals surface area contributed by atoms with Crippen molar-refractivity contribution in [3.05, 3.63) is 77.7 Å². The predicted molar refractivity (Wildman–Crippen MR) is 97.8 cm³/mol. The van der Waals surface area contributed by atoms with E-state index in [1.165, 1.54) is 0 Å². The molecule has 0 aliphatic heterocycles. The number of amides is 1. The molecule has 0 saturated heterocycles. The summed E-state index contributed by atoms with van der Waals surface area (Å²) >= 11 is 0. The van der Waals surface area contributed by atoms with Crippen LogP contribution in [0.5, 0.6) is 5.75 Å². The minimum Gasteiger partial charge on any atom is -0.496 e. The van der Waals surface area contributed by atoms with Crippen molar-refractivity contribution < 1.29 is 9.53 Å². The number of ether oxygens (including phenoxy) is 1. The monoisotopic (exact) mass is 349 g/mol. The first-order valence-electron chi connectivity index (χ1n) is 8.13. The number of hydrogen-bond donors (Lipinski definition) is 2. The molecule has 2 aromatic heterocycles. The number of nitrogens with zero attached hydrogens (tertiary/aromatic N) is 3. The fourth-order valence-corrected chi connectivity index (χ4v) is 2.36. The van der Waals surface area contributed by atoms with E-state index in [9.17, 15) is 4.79 Å². The molecule has 1 aromatic carbocycles. The van der Waals surface area contributed by atoms with E-state index in [1.54, 1.807) is 31.6 Å². The Labute approximate surface area is 151 Å². The number of benzene rings is 1. The highest BCUT2D eigenvalue weighted by atomic mass is 16.5. The molecule has 132 valence electrons. The fraction of sp³-hybridized carbons (Fsp3) is 0.158. The second-order valence-corrected chi connectivity index (χ2v) is 5.51. The normalized spacial score (nSPS) is 10.2. The van der Waals surface area contributed by atoms with Gasteiger partial charge in [-0.05, 0) is 35.9 Å². The number of para-hydroxylation sites is 1. The molecule has 3 rings (SSSR count). The lowest BCUT2D eigenvalue weighted by molar-refractivity contribution is 0.0944. The van der Waals surface area contributed by atoms with Gasteiger partial charge in [0, 0.05) is 31.0 Å². The highest BCUT2D eigenvalue weighted by molar-refractivity contribution is 5.92. The Hall–Kier alpha value is -3.48. The zero-order valence-electron chi connectivity index (χ0n) is 14.3. The predicted octanol–water partition coefficient (Wildman–Crippen LogP) is 2.42. The molecule has 3 aromatic rings. The van der Waals surface area contributed by atoms with E-state index in [4.69, 9.17) is 4.74 Å². The van der Waals surface area contributed by atoms with E-state index in [-0.39, 0.29) is 11.6 Å². The zero-order chi connectivity index (χ0) is 18.2. The molecule has 0 spiro atoms. The molecule has 0 aliphatic carbocycles. The third-order valence-electron chi connectivity index (χ3n) is 3.75. The van der Waals surface area contributed by atoms with Crippen LogP contribution in [-0.4, -0.2) is 28.2 Å². The molecule has 0 aliphatic rings. The molecule has 26 heavy (non-hydrogen) atoms. The van der Waals surface area contributed by atoms with Crippen LogP contribution in [0, 0.1) is 0 Å². The van der Waals surface area contributed by atoms with Gasteiger partial charge in [-0.1, -0.05) is 18.2 Å². The SMILES string of the molecule is COc1ccccc1CNC(=O)c1ccc(NCc2ccncc2)nn1. The Kier molecular flexibility index (Phi) is 5.72. The summed E-state index contributed by atoms with van der Waals surface area (Å²) < 4.78 is 5.27. The van der Waals surface area contributed by atoms with Crippen LogP contribution in [0.25, 0.3) is 0 Å². The van der Waals surface area contributed by atoms with Gasteiger partial charge in [0.2, 0.25) is 0 Å². The summed E-state index contributed by atoms with van der Waals surface area (Å²) in [5.74, 6) is 1.04. The van der Waals surface area contributed by atoms with E-state index in [0.717, 1.165) is 16.9 Å². The summed E-state index contributed by atoms with van der Waals surface area (Å²) in [6, 6.07) is 14.7. The molecule has 1 amide bonds. The fourth-order valence-electron chi connectivity index (χ4n) is 2.36. The number of rotatable bonds is 7. The van der Waals surface area contributed by atoms with E-state index in [2.05, 4.69) is 25.8 Å². The second-order valence-electron chi connectivity index (χ2n) is 5.51. The summed E-state index contributed by atoms with van der Waals surface area (Å²) in [5.41, 5.74) is 2.24. The molecule has 7 nitrogen and oxygen atoms in total. The van der Waals surface area contributed by atoms with Crippen LogP contribution in [0.1, 0.15) is 21.6 Å². The summed E-state index contributed by atoms with van der Waals surface area (Å²) in [6.45, 7) is 0.961. The third-order valence-corrected chi connectivity index (χ3v) is 3.75. The van der Waals surface area contributed by atoms with Crippen LogP contribution < -0.4 is 15.4 Å². The number of aromatic nitrogens is 3. The maximum atomic E-state index is 12.2. The maximum Gasteiger partial charge on any atom is 0.272 e. The first-order valence-corrected chi connectivity index (χ1v) is 8.13. The Balaban J connectivity index is 1.55. The Morgan fingerprint density at radius 1 is 1.00 bits per heavy atom. The van der Waals surface area contributed by atoms with Gasteiger partial charge in [0.15, 0.2) is 5.69 Å². The highest BCUT2D eigenvalue weighted by Crippen LogP contribution is 2.16. The van der Waals surface area contributed by atoms with Crippen molar-refractivity contribution in [2.24, 2.45) is 0 Å². The molecule has 0 fully saturated rings. The van der Waals surface area contributed by atoms with Gasteiger partial charge in [-0.2, -0.15) is 0 Å². The van der Waals surface area contributed by atoms with Crippen molar-refractivity contribution in [3.8, 4) is 5.75 Å². The lowest BCUT2D eigenvalue weighted by Gasteiger charge is -2.09. The number of methoxy groups -OCH3 is 1. The molecule has 2 heterocycles. The Bertz CT molecular complexity index is 853. The highest BCUT2D eigenvalue weighted by Gasteiger charge is 2.09. The Morgan fingerprint density at radius 2 is 1.81 bits per heavy atom. The van der Waals surface area contributed by atoms with Gasteiger partial charge in [-0.15, -0.1) is 10.2 Å². The minimum absolute atomic E-state index is 0.259. The number of carbonyl (C=O) groups excluding carboxylic acids is 1. The smallest absolute Gasteiger partial charge is 0.272 e. The number of nitrogens with one attached hydrogen (secondary N) is 2. The quantitative estimate of drug-likeness (QED) is 0.681. The molecule has 2 N–H and O–H groups in total. The number of pyridine rings is 1. The number of hydrogen-bond acceptors (Lipinski definition) is 6. The Morgan fingerprint density at radius 3 is 2.54 bits per heavy atom. The van der Waals surface area contributed by atoms with Gasteiger partial charge >= 0.3 is 0 Å². The van der Waals surface area contributed by atoms with Crippen molar-refractivity contribution >= 4 is 11.7 Å². The molecule has 0 bridgehead atoms. The number of carbonyl (C=O) groups is 1. The molecule has 0 unspecified atom stereocenters. The maximum absolute atomic E-state index is 12.2. The average Bonchev–Trinajstić information content (AvgIpc) is 2.72. The number of anilines is 1. The topological polar surface area (TPSA) is 89.0 Å². The first kappa shape index (κ1) is 17.3. The second kappa shape index (κ2) is 8.57. The van der Waals surface area contributed by atoms with Gasteiger partial charge in [0.25, 0.3) is 5.91 Å². The van der Waals surface area contributed by atoms with Crippen molar-refractivity contribution in [2.45, 2.75) is 13.1 Å². The van der Waals surface area contributed by atoms with Gasteiger partial charge in [-0.3, -0.25) is 9.78 Å². The molecular formula is C19H19N5O2. The van der Waals surface area contributed by atoms with Crippen LogP contribution in [-0.2, 0) is 13.1 Å². The molecular weight excluding hydrogens is 330 g/mol. The van der Waals surface area contributed by atoms with Crippen LogP contribution in [0.4, 0.5) is 5.82 Å². The molecule has 0 atom stereocenters. The van der Waals surface area contributed by atoms with E-state index >= 15 is 0 Å². The van der Waals surface area contributed by atoms with Crippen molar-refractivity contribution in [2.75, 3.05) is 12.4 Å². The van der Waals surface area contributed by atoms with E-state index in [1.807, 2.05) is 36.4 Å². The average molecular weight is 349 g/mol. The van der Waals surface area contributed by atoms with Gasteiger partial charge in [-0.25, -0.2) is 0 Å². The summed E-state index contributed by atoms with van der Waals surface area (Å²) in [4.78, 5) is 16.2.